The van der Waals surface area contributed by atoms with Gasteiger partial charge < -0.3 is 21.5 Å². The van der Waals surface area contributed by atoms with E-state index in [1.165, 1.54) is 0 Å². The number of hydrogen-bond donors (Lipinski definition) is 4. The van der Waals surface area contributed by atoms with Crippen LogP contribution in [0.3, 0.4) is 0 Å². The maximum Gasteiger partial charge on any atom is 0.320 e. The van der Waals surface area contributed by atoms with Crippen LogP contribution in [0.25, 0.3) is 0 Å². The molecule has 6 nitrogen and oxygen atoms in total. The Morgan fingerprint density at radius 2 is 2.33 bits per heavy atom. The SMILES string of the molecule is N=C(N)N1CCC[C@@H](C[C@H](N)C(=O)O)C1. The summed E-state index contributed by atoms with van der Waals surface area (Å²) >= 11 is 0. The summed E-state index contributed by atoms with van der Waals surface area (Å²) in [5.74, 6) is -0.674. The minimum absolute atomic E-state index is 0.0589. The Morgan fingerprint density at radius 1 is 1.67 bits per heavy atom. The number of piperidine rings is 1. The zero-order chi connectivity index (χ0) is 11.4. The van der Waals surface area contributed by atoms with Crippen LogP contribution < -0.4 is 11.5 Å². The highest BCUT2D eigenvalue weighted by Crippen LogP contribution is 2.20. The number of nitrogens with two attached hydrogens (primary N) is 2. The normalized spacial score (nSPS) is 23.5. The van der Waals surface area contributed by atoms with Crippen molar-refractivity contribution in [2.75, 3.05) is 13.1 Å². The van der Waals surface area contributed by atoms with Crippen LogP contribution in [-0.4, -0.2) is 41.1 Å². The number of likely N-dealkylation sites (tertiary alicyclic amines) is 1. The first-order valence-electron chi connectivity index (χ1n) is 5.08. The molecule has 0 aromatic carbocycles. The summed E-state index contributed by atoms with van der Waals surface area (Å²) in [7, 11) is 0. The van der Waals surface area contributed by atoms with Crippen LogP contribution >= 0.6 is 0 Å². The maximum absolute atomic E-state index is 10.6. The third kappa shape index (κ3) is 3.39. The lowest BCUT2D eigenvalue weighted by Crippen LogP contribution is -2.45. The molecule has 0 radical (unpaired) electrons. The zero-order valence-electron chi connectivity index (χ0n) is 8.65. The van der Waals surface area contributed by atoms with Gasteiger partial charge in [0.1, 0.15) is 6.04 Å². The van der Waals surface area contributed by atoms with Gasteiger partial charge in [0.2, 0.25) is 0 Å². The molecule has 1 rings (SSSR count). The molecule has 0 unspecified atom stereocenters. The molecule has 0 aliphatic carbocycles. The van der Waals surface area contributed by atoms with Crippen LogP contribution in [-0.2, 0) is 4.79 Å². The highest BCUT2D eigenvalue weighted by atomic mass is 16.4. The molecule has 0 spiro atoms. The van der Waals surface area contributed by atoms with Crippen molar-refractivity contribution in [3.8, 4) is 0 Å². The van der Waals surface area contributed by atoms with E-state index in [0.717, 1.165) is 19.4 Å². The van der Waals surface area contributed by atoms with E-state index in [1.54, 1.807) is 4.90 Å². The smallest absolute Gasteiger partial charge is 0.320 e. The molecule has 1 saturated heterocycles. The second-order valence-electron chi connectivity index (χ2n) is 4.02. The first-order chi connectivity index (χ1) is 7.00. The molecule has 6 heteroatoms. The van der Waals surface area contributed by atoms with Crippen molar-refractivity contribution in [1.29, 1.82) is 5.41 Å². The third-order valence-corrected chi connectivity index (χ3v) is 2.76. The first-order valence-corrected chi connectivity index (χ1v) is 5.08. The predicted octanol–water partition coefficient (Wildman–Crippen LogP) is -0.606. The molecule has 0 bridgehead atoms. The van der Waals surface area contributed by atoms with E-state index in [0.29, 0.717) is 13.0 Å². The lowest BCUT2D eigenvalue weighted by molar-refractivity contribution is -0.139. The van der Waals surface area contributed by atoms with Gasteiger partial charge in [0.25, 0.3) is 0 Å². The van der Waals surface area contributed by atoms with Gasteiger partial charge in [-0.15, -0.1) is 0 Å². The summed E-state index contributed by atoms with van der Waals surface area (Å²) < 4.78 is 0. The summed E-state index contributed by atoms with van der Waals surface area (Å²) in [4.78, 5) is 12.3. The summed E-state index contributed by atoms with van der Waals surface area (Å²) in [6.07, 6.45) is 2.36. The summed E-state index contributed by atoms with van der Waals surface area (Å²) in [5, 5.41) is 16.0. The lowest BCUT2D eigenvalue weighted by Gasteiger charge is -2.33. The minimum atomic E-state index is -0.963. The Kier molecular flexibility index (Phi) is 3.90. The molecule has 0 amide bonds. The van der Waals surface area contributed by atoms with Gasteiger partial charge in [-0.1, -0.05) is 0 Å². The maximum atomic E-state index is 10.6. The molecule has 2 atom stereocenters. The minimum Gasteiger partial charge on any atom is -0.480 e. The fourth-order valence-corrected chi connectivity index (χ4v) is 1.94. The number of aliphatic carboxylic acids is 1. The number of hydrogen-bond acceptors (Lipinski definition) is 3. The van der Waals surface area contributed by atoms with Gasteiger partial charge in [-0.25, -0.2) is 0 Å². The van der Waals surface area contributed by atoms with Gasteiger partial charge in [0.05, 0.1) is 0 Å². The van der Waals surface area contributed by atoms with E-state index in [4.69, 9.17) is 22.0 Å². The molecule has 0 aromatic rings. The Bertz CT molecular complexity index is 254. The largest absolute Gasteiger partial charge is 0.480 e. The van der Waals surface area contributed by atoms with E-state index < -0.39 is 12.0 Å². The van der Waals surface area contributed by atoms with Crippen LogP contribution in [0.2, 0.25) is 0 Å². The van der Waals surface area contributed by atoms with E-state index in [2.05, 4.69) is 0 Å². The van der Waals surface area contributed by atoms with Gasteiger partial charge in [-0.05, 0) is 25.2 Å². The molecule has 1 aliphatic rings. The Morgan fingerprint density at radius 3 is 2.87 bits per heavy atom. The van der Waals surface area contributed by atoms with Crippen molar-refractivity contribution in [2.45, 2.75) is 25.3 Å². The Hall–Kier alpha value is -1.30. The van der Waals surface area contributed by atoms with Crippen LogP contribution in [0.4, 0.5) is 0 Å². The van der Waals surface area contributed by atoms with Crippen molar-refractivity contribution in [2.24, 2.45) is 17.4 Å². The van der Waals surface area contributed by atoms with Crippen LogP contribution in [0, 0.1) is 11.3 Å². The molecule has 15 heavy (non-hydrogen) atoms. The molecule has 1 fully saturated rings. The first kappa shape index (κ1) is 11.8. The number of nitrogens with one attached hydrogen (secondary N) is 1. The molecular formula is C9H18N4O2. The van der Waals surface area contributed by atoms with Crippen molar-refractivity contribution in [3.05, 3.63) is 0 Å². The van der Waals surface area contributed by atoms with E-state index in [-0.39, 0.29) is 11.9 Å². The fraction of sp³-hybridized carbons (Fsp3) is 0.778. The topological polar surface area (TPSA) is 116 Å². The number of carboxylic acids is 1. The molecule has 6 N–H and O–H groups in total. The molecule has 1 heterocycles. The van der Waals surface area contributed by atoms with Crippen molar-refractivity contribution in [3.63, 3.8) is 0 Å². The second kappa shape index (κ2) is 4.97. The molecule has 1 aliphatic heterocycles. The predicted molar refractivity (Wildman–Crippen MR) is 56.4 cm³/mol. The average molecular weight is 214 g/mol. The summed E-state index contributed by atoms with van der Waals surface area (Å²) in [6.45, 7) is 1.43. The van der Waals surface area contributed by atoms with Gasteiger partial charge in [0.15, 0.2) is 5.96 Å². The summed E-state index contributed by atoms with van der Waals surface area (Å²) in [5.41, 5.74) is 10.8. The van der Waals surface area contributed by atoms with Crippen LogP contribution in [0.5, 0.6) is 0 Å². The number of carbonyl (C=O) groups is 1. The molecular weight excluding hydrogens is 196 g/mol. The second-order valence-corrected chi connectivity index (χ2v) is 4.02. The standard InChI is InChI=1S/C9H18N4O2/c10-7(8(14)15)4-6-2-1-3-13(5-6)9(11)12/h6-7H,1-5,10H2,(H3,11,12)(H,14,15)/t6-,7-/m0/s1. The molecule has 0 aromatic heterocycles. The number of guanidine groups is 1. The van der Waals surface area contributed by atoms with Crippen molar-refractivity contribution in [1.82, 2.24) is 4.90 Å². The lowest BCUT2D eigenvalue weighted by atomic mass is 9.92. The number of carboxylic acid groups (broad SMARTS) is 1. The zero-order valence-corrected chi connectivity index (χ0v) is 8.65. The Labute approximate surface area is 88.7 Å². The highest BCUT2D eigenvalue weighted by molar-refractivity contribution is 5.75. The monoisotopic (exact) mass is 214 g/mol. The van der Waals surface area contributed by atoms with Crippen molar-refractivity contribution >= 4 is 11.9 Å². The van der Waals surface area contributed by atoms with Gasteiger partial charge >= 0.3 is 5.97 Å². The highest BCUT2D eigenvalue weighted by Gasteiger charge is 2.24. The number of nitrogens with zero attached hydrogens (tertiary/aromatic N) is 1. The molecule has 0 saturated carbocycles. The van der Waals surface area contributed by atoms with E-state index in [1.807, 2.05) is 0 Å². The Balaban J connectivity index is 2.43. The third-order valence-electron chi connectivity index (χ3n) is 2.76. The van der Waals surface area contributed by atoms with Gasteiger partial charge in [0, 0.05) is 13.1 Å². The quantitative estimate of drug-likeness (QED) is 0.369. The summed E-state index contributed by atoms with van der Waals surface area (Å²) in [6, 6.07) is -0.804. The van der Waals surface area contributed by atoms with Gasteiger partial charge in [-0.2, -0.15) is 0 Å². The van der Waals surface area contributed by atoms with E-state index in [9.17, 15) is 4.79 Å². The fourth-order valence-electron chi connectivity index (χ4n) is 1.94. The van der Waals surface area contributed by atoms with Crippen molar-refractivity contribution < 1.29 is 9.90 Å². The van der Waals surface area contributed by atoms with Crippen LogP contribution in [0.1, 0.15) is 19.3 Å². The molecule has 86 valence electrons. The van der Waals surface area contributed by atoms with Crippen LogP contribution in [0.15, 0.2) is 0 Å². The average Bonchev–Trinajstić information content (AvgIpc) is 2.18. The van der Waals surface area contributed by atoms with E-state index >= 15 is 0 Å². The number of rotatable bonds is 3. The van der Waals surface area contributed by atoms with Gasteiger partial charge in [-0.3, -0.25) is 10.2 Å².